The molecule has 0 saturated carbocycles. The molecule has 18 heavy (non-hydrogen) atoms. The first-order chi connectivity index (χ1) is 8.42. The first-order valence-electron chi connectivity index (χ1n) is 5.54. The van der Waals surface area contributed by atoms with Gasteiger partial charge in [0.05, 0.1) is 23.4 Å². The molecule has 1 aromatic rings. The number of carboxylic acid groups (broad SMARTS) is 1. The van der Waals surface area contributed by atoms with Gasteiger partial charge in [0.2, 0.25) is 5.76 Å². The van der Waals surface area contributed by atoms with E-state index >= 15 is 0 Å². The van der Waals surface area contributed by atoms with Crippen LogP contribution in [0.3, 0.4) is 0 Å². The van der Waals surface area contributed by atoms with Crippen LogP contribution < -0.4 is 0 Å². The van der Waals surface area contributed by atoms with Crippen molar-refractivity contribution in [1.82, 2.24) is 0 Å². The Balaban J connectivity index is 2.22. The lowest BCUT2D eigenvalue weighted by atomic mass is 10.2. The molecule has 1 aromatic heterocycles. The highest BCUT2D eigenvalue weighted by Crippen LogP contribution is 2.25. The third-order valence-electron chi connectivity index (χ3n) is 3.07. The lowest BCUT2D eigenvalue weighted by Gasteiger charge is -2.14. The Morgan fingerprint density at radius 1 is 1.56 bits per heavy atom. The summed E-state index contributed by atoms with van der Waals surface area (Å²) in [5.74, 6) is -1.91. The Bertz CT molecular complexity index is 544. The summed E-state index contributed by atoms with van der Waals surface area (Å²) in [5, 5.41) is 8.28. The SMILES string of the molecule is CC1OCCC1S(=O)(=O)Cc1ccoc1C(=O)O. The predicted molar refractivity (Wildman–Crippen MR) is 62.1 cm³/mol. The number of sulfone groups is 1. The molecule has 0 aliphatic carbocycles. The van der Waals surface area contributed by atoms with Crippen molar-refractivity contribution in [3.05, 3.63) is 23.7 Å². The van der Waals surface area contributed by atoms with E-state index < -0.39 is 21.1 Å². The van der Waals surface area contributed by atoms with E-state index in [1.165, 1.54) is 12.3 Å². The van der Waals surface area contributed by atoms with Crippen LogP contribution in [0.1, 0.15) is 29.5 Å². The zero-order valence-corrected chi connectivity index (χ0v) is 10.6. The largest absolute Gasteiger partial charge is 0.475 e. The van der Waals surface area contributed by atoms with Gasteiger partial charge in [0.15, 0.2) is 9.84 Å². The molecule has 0 bridgehead atoms. The first kappa shape index (κ1) is 13.1. The number of rotatable bonds is 4. The molecule has 2 rings (SSSR count). The molecule has 0 spiro atoms. The second kappa shape index (κ2) is 4.74. The lowest BCUT2D eigenvalue weighted by molar-refractivity contribution is 0.0661. The second-order valence-electron chi connectivity index (χ2n) is 4.29. The van der Waals surface area contributed by atoms with Crippen LogP contribution in [0, 0.1) is 0 Å². The number of carboxylic acids is 1. The molecule has 1 fully saturated rings. The second-order valence-corrected chi connectivity index (χ2v) is 6.51. The van der Waals surface area contributed by atoms with E-state index in [1.54, 1.807) is 6.92 Å². The molecule has 2 atom stereocenters. The molecule has 1 saturated heterocycles. The van der Waals surface area contributed by atoms with Crippen LogP contribution in [-0.4, -0.2) is 37.5 Å². The van der Waals surface area contributed by atoms with Gasteiger partial charge in [0.1, 0.15) is 0 Å². The Morgan fingerprint density at radius 2 is 2.28 bits per heavy atom. The quantitative estimate of drug-likeness (QED) is 0.882. The topological polar surface area (TPSA) is 93.8 Å². The Morgan fingerprint density at radius 3 is 2.83 bits per heavy atom. The summed E-state index contributed by atoms with van der Waals surface area (Å²) in [6.07, 6.45) is 1.28. The number of hydrogen-bond acceptors (Lipinski definition) is 5. The Kier molecular flexibility index (Phi) is 3.45. The molecule has 7 heteroatoms. The van der Waals surface area contributed by atoms with Crippen molar-refractivity contribution in [3.63, 3.8) is 0 Å². The zero-order valence-electron chi connectivity index (χ0n) is 9.83. The molecular formula is C11H14O6S. The number of aromatic carboxylic acids is 1. The van der Waals surface area contributed by atoms with Crippen LogP contribution >= 0.6 is 0 Å². The van der Waals surface area contributed by atoms with Gasteiger partial charge < -0.3 is 14.3 Å². The van der Waals surface area contributed by atoms with Crippen molar-refractivity contribution >= 4 is 15.8 Å². The van der Waals surface area contributed by atoms with Crippen molar-refractivity contribution in [1.29, 1.82) is 0 Å². The smallest absolute Gasteiger partial charge is 0.372 e. The highest BCUT2D eigenvalue weighted by molar-refractivity contribution is 7.91. The van der Waals surface area contributed by atoms with Crippen LogP contribution in [0.4, 0.5) is 0 Å². The fourth-order valence-electron chi connectivity index (χ4n) is 2.14. The van der Waals surface area contributed by atoms with E-state index in [4.69, 9.17) is 14.3 Å². The molecule has 1 aliphatic rings. The molecule has 1 N–H and O–H groups in total. The monoisotopic (exact) mass is 274 g/mol. The van der Waals surface area contributed by atoms with Crippen molar-refractivity contribution in [3.8, 4) is 0 Å². The van der Waals surface area contributed by atoms with Gasteiger partial charge in [0.25, 0.3) is 0 Å². The predicted octanol–water partition coefficient (Wildman–Crippen LogP) is 1.07. The van der Waals surface area contributed by atoms with Gasteiger partial charge in [-0.3, -0.25) is 0 Å². The summed E-state index contributed by atoms with van der Waals surface area (Å²) in [5.41, 5.74) is 0.182. The first-order valence-corrected chi connectivity index (χ1v) is 7.26. The lowest BCUT2D eigenvalue weighted by Crippen LogP contribution is -2.29. The minimum Gasteiger partial charge on any atom is -0.475 e. The molecule has 6 nitrogen and oxygen atoms in total. The maximum atomic E-state index is 12.2. The van der Waals surface area contributed by atoms with Crippen LogP contribution in [-0.2, 0) is 20.3 Å². The zero-order chi connectivity index (χ0) is 13.3. The highest BCUT2D eigenvalue weighted by Gasteiger charge is 2.36. The Hall–Kier alpha value is -1.34. The summed E-state index contributed by atoms with van der Waals surface area (Å²) in [7, 11) is -3.44. The normalized spacial score (nSPS) is 24.3. The van der Waals surface area contributed by atoms with Crippen molar-refractivity contribution in [2.75, 3.05) is 6.61 Å². The molecule has 1 aliphatic heterocycles. The number of furan rings is 1. The average molecular weight is 274 g/mol. The van der Waals surface area contributed by atoms with Gasteiger partial charge in [0, 0.05) is 12.2 Å². The van der Waals surface area contributed by atoms with Gasteiger partial charge in [-0.1, -0.05) is 0 Å². The molecule has 0 aromatic carbocycles. The number of ether oxygens (including phenoxy) is 1. The van der Waals surface area contributed by atoms with E-state index in [2.05, 4.69) is 0 Å². The standard InChI is InChI=1S/C11H14O6S/c1-7-9(3-5-16-7)18(14,15)6-8-2-4-17-10(8)11(12)13/h2,4,7,9H,3,5-6H2,1H3,(H,12,13). The van der Waals surface area contributed by atoms with Crippen molar-refractivity contribution in [2.24, 2.45) is 0 Å². The number of carbonyl (C=O) groups is 1. The maximum absolute atomic E-state index is 12.2. The highest BCUT2D eigenvalue weighted by atomic mass is 32.2. The molecule has 2 heterocycles. The summed E-state index contributed by atoms with van der Waals surface area (Å²) in [4.78, 5) is 10.8. The third kappa shape index (κ3) is 2.41. The minimum absolute atomic E-state index is 0.182. The van der Waals surface area contributed by atoms with E-state index in [1.807, 2.05) is 0 Å². The van der Waals surface area contributed by atoms with E-state index in [0.29, 0.717) is 13.0 Å². The average Bonchev–Trinajstić information content (AvgIpc) is 2.86. The van der Waals surface area contributed by atoms with Gasteiger partial charge in [-0.2, -0.15) is 0 Å². The summed E-state index contributed by atoms with van der Waals surface area (Å²) >= 11 is 0. The molecule has 2 unspecified atom stereocenters. The number of hydrogen-bond donors (Lipinski definition) is 1. The summed E-state index contributed by atoms with van der Waals surface area (Å²) in [6, 6.07) is 1.38. The van der Waals surface area contributed by atoms with Crippen LogP contribution in [0.25, 0.3) is 0 Å². The summed E-state index contributed by atoms with van der Waals surface area (Å²) in [6.45, 7) is 2.13. The fraction of sp³-hybridized carbons (Fsp3) is 0.545. The fourth-order valence-corrected chi connectivity index (χ4v) is 4.14. The van der Waals surface area contributed by atoms with Gasteiger partial charge in [-0.15, -0.1) is 0 Å². The molecular weight excluding hydrogens is 260 g/mol. The van der Waals surface area contributed by atoms with Crippen molar-refractivity contribution in [2.45, 2.75) is 30.5 Å². The Labute approximate surface area is 104 Å². The summed E-state index contributed by atoms with van der Waals surface area (Å²) < 4.78 is 34.3. The van der Waals surface area contributed by atoms with Gasteiger partial charge in [-0.25, -0.2) is 13.2 Å². The van der Waals surface area contributed by atoms with E-state index in [9.17, 15) is 13.2 Å². The van der Waals surface area contributed by atoms with Crippen LogP contribution in [0.5, 0.6) is 0 Å². The van der Waals surface area contributed by atoms with Gasteiger partial charge >= 0.3 is 5.97 Å². The van der Waals surface area contributed by atoms with Crippen LogP contribution in [0.2, 0.25) is 0 Å². The van der Waals surface area contributed by atoms with E-state index in [-0.39, 0.29) is 23.2 Å². The molecule has 100 valence electrons. The van der Waals surface area contributed by atoms with E-state index in [0.717, 1.165) is 0 Å². The third-order valence-corrected chi connectivity index (χ3v) is 5.32. The van der Waals surface area contributed by atoms with Crippen LogP contribution in [0.15, 0.2) is 16.7 Å². The molecule has 0 radical (unpaired) electrons. The van der Waals surface area contributed by atoms with Crippen molar-refractivity contribution < 1.29 is 27.5 Å². The van der Waals surface area contributed by atoms with Gasteiger partial charge in [-0.05, 0) is 19.4 Å². The molecule has 0 amide bonds. The maximum Gasteiger partial charge on any atom is 0.372 e. The minimum atomic E-state index is -3.44.